The van der Waals surface area contributed by atoms with Gasteiger partial charge in [0.2, 0.25) is 0 Å². The van der Waals surface area contributed by atoms with Crippen molar-refractivity contribution in [3.8, 4) is 5.75 Å². The van der Waals surface area contributed by atoms with Gasteiger partial charge in [0, 0.05) is 28.4 Å². The molecule has 120 valence electrons. The average molecular weight is 342 g/mol. The molecule has 0 saturated heterocycles. The van der Waals surface area contributed by atoms with E-state index in [2.05, 4.69) is 5.32 Å². The molecule has 1 N–H and O–H groups in total. The summed E-state index contributed by atoms with van der Waals surface area (Å²) in [5.74, 6) is 0.414. The number of ether oxygens (including phenoxy) is 1. The summed E-state index contributed by atoms with van der Waals surface area (Å²) in [7, 11) is 0. The van der Waals surface area contributed by atoms with Crippen LogP contribution in [-0.2, 0) is 6.54 Å². The topological polar surface area (TPSA) is 21.3 Å². The standard InChI is InChI=1S/C14H19ClF3NOS/c1-13(2,3)19-9-10-8-11(15)4-5-12(10)20-6-7-21-14(16,17)18/h4-5,8,19H,6-7,9H2,1-3H3. The van der Waals surface area contributed by atoms with E-state index in [4.69, 9.17) is 16.3 Å². The Morgan fingerprint density at radius 3 is 2.48 bits per heavy atom. The van der Waals surface area contributed by atoms with Gasteiger partial charge in [-0.15, -0.1) is 0 Å². The number of hydrogen-bond acceptors (Lipinski definition) is 3. The van der Waals surface area contributed by atoms with Gasteiger partial charge in [0.15, 0.2) is 0 Å². The Kier molecular flexibility index (Phi) is 6.69. The van der Waals surface area contributed by atoms with E-state index < -0.39 is 5.51 Å². The van der Waals surface area contributed by atoms with E-state index in [1.54, 1.807) is 18.2 Å². The van der Waals surface area contributed by atoms with Gasteiger partial charge in [-0.1, -0.05) is 11.6 Å². The van der Waals surface area contributed by atoms with Gasteiger partial charge in [-0.3, -0.25) is 0 Å². The minimum atomic E-state index is -4.22. The van der Waals surface area contributed by atoms with Crippen LogP contribution in [0.1, 0.15) is 26.3 Å². The van der Waals surface area contributed by atoms with Gasteiger partial charge in [0.25, 0.3) is 0 Å². The summed E-state index contributed by atoms with van der Waals surface area (Å²) < 4.78 is 41.6. The zero-order valence-corrected chi connectivity index (χ0v) is 13.8. The number of benzene rings is 1. The van der Waals surface area contributed by atoms with Crippen LogP contribution < -0.4 is 10.1 Å². The molecule has 0 bridgehead atoms. The van der Waals surface area contributed by atoms with Gasteiger partial charge >= 0.3 is 5.51 Å². The molecule has 0 atom stereocenters. The maximum atomic E-state index is 12.0. The average Bonchev–Trinajstić information content (AvgIpc) is 2.31. The first-order chi connectivity index (χ1) is 9.57. The zero-order chi connectivity index (χ0) is 16.1. The molecule has 0 spiro atoms. The number of rotatable bonds is 6. The zero-order valence-electron chi connectivity index (χ0n) is 12.2. The molecule has 2 nitrogen and oxygen atoms in total. The molecule has 1 aromatic rings. The van der Waals surface area contributed by atoms with Crippen LogP contribution in [0.5, 0.6) is 5.75 Å². The first kappa shape index (κ1) is 18.5. The molecule has 0 heterocycles. The van der Waals surface area contributed by atoms with Crippen LogP contribution >= 0.6 is 23.4 Å². The second-order valence-electron chi connectivity index (χ2n) is 5.50. The Balaban J connectivity index is 2.60. The third-order valence-corrected chi connectivity index (χ3v) is 3.37. The van der Waals surface area contributed by atoms with Crippen LogP contribution in [0.25, 0.3) is 0 Å². The smallest absolute Gasteiger partial charge is 0.441 e. The maximum absolute atomic E-state index is 12.0. The SMILES string of the molecule is CC(C)(C)NCc1cc(Cl)ccc1OCCSC(F)(F)F. The second kappa shape index (κ2) is 7.61. The molecular formula is C14H19ClF3NOS. The molecule has 21 heavy (non-hydrogen) atoms. The largest absolute Gasteiger partial charge is 0.492 e. The Hall–Kier alpha value is -0.590. The summed E-state index contributed by atoms with van der Waals surface area (Å²) in [6.07, 6.45) is 0. The summed E-state index contributed by atoms with van der Waals surface area (Å²) >= 11 is 5.86. The number of alkyl halides is 3. The summed E-state index contributed by atoms with van der Waals surface area (Å²) in [5, 5.41) is 3.86. The fourth-order valence-corrected chi connectivity index (χ4v) is 2.09. The molecule has 1 aromatic carbocycles. The summed E-state index contributed by atoms with van der Waals surface area (Å²) in [5.41, 5.74) is -3.47. The Morgan fingerprint density at radius 2 is 1.90 bits per heavy atom. The number of hydrogen-bond donors (Lipinski definition) is 1. The highest BCUT2D eigenvalue weighted by Crippen LogP contribution is 2.30. The van der Waals surface area contributed by atoms with Gasteiger partial charge in [-0.05, 0) is 50.7 Å². The van der Waals surface area contributed by atoms with Crippen molar-refractivity contribution >= 4 is 23.4 Å². The minimum Gasteiger partial charge on any atom is -0.492 e. The molecule has 1 rings (SSSR count). The second-order valence-corrected chi connectivity index (χ2v) is 7.09. The van der Waals surface area contributed by atoms with E-state index in [0.29, 0.717) is 17.3 Å². The molecule has 0 aliphatic carbocycles. The number of halogens is 4. The monoisotopic (exact) mass is 341 g/mol. The quantitative estimate of drug-likeness (QED) is 0.747. The molecule has 0 aromatic heterocycles. The van der Waals surface area contributed by atoms with Crippen LogP contribution in [-0.4, -0.2) is 23.4 Å². The van der Waals surface area contributed by atoms with Gasteiger partial charge in [0.05, 0.1) is 6.61 Å². The van der Waals surface area contributed by atoms with Crippen LogP contribution in [0.15, 0.2) is 18.2 Å². The molecule has 0 saturated carbocycles. The molecular weight excluding hydrogens is 323 g/mol. The molecule has 0 fully saturated rings. The van der Waals surface area contributed by atoms with E-state index in [1.165, 1.54) is 0 Å². The van der Waals surface area contributed by atoms with E-state index >= 15 is 0 Å². The molecule has 0 aliphatic heterocycles. The summed E-state index contributed by atoms with van der Waals surface area (Å²) in [4.78, 5) is 0. The summed E-state index contributed by atoms with van der Waals surface area (Å²) in [6.45, 7) is 6.61. The highest BCUT2D eigenvalue weighted by Gasteiger charge is 2.27. The van der Waals surface area contributed by atoms with Crippen molar-refractivity contribution in [1.82, 2.24) is 5.32 Å². The molecule has 0 radical (unpaired) electrons. The van der Waals surface area contributed by atoms with Gasteiger partial charge in [0.1, 0.15) is 5.75 Å². The Morgan fingerprint density at radius 1 is 1.24 bits per heavy atom. The Labute approximate surface area is 132 Å². The van der Waals surface area contributed by atoms with E-state index in [0.717, 1.165) is 5.56 Å². The van der Waals surface area contributed by atoms with Crippen molar-refractivity contribution in [1.29, 1.82) is 0 Å². The van der Waals surface area contributed by atoms with Gasteiger partial charge in [-0.25, -0.2) is 0 Å². The molecule has 7 heteroatoms. The first-order valence-corrected chi connectivity index (χ1v) is 7.80. The predicted octanol–water partition coefficient (Wildman–Crippen LogP) is 4.86. The third kappa shape index (κ3) is 8.44. The molecule has 0 amide bonds. The highest BCUT2D eigenvalue weighted by molar-refractivity contribution is 8.00. The van der Waals surface area contributed by atoms with E-state index in [-0.39, 0.29) is 29.7 Å². The fraction of sp³-hybridized carbons (Fsp3) is 0.571. The summed E-state index contributed by atoms with van der Waals surface area (Å²) in [6, 6.07) is 5.10. The van der Waals surface area contributed by atoms with E-state index in [1.807, 2.05) is 20.8 Å². The van der Waals surface area contributed by atoms with E-state index in [9.17, 15) is 13.2 Å². The minimum absolute atomic E-state index is 0.00563. The fourth-order valence-electron chi connectivity index (χ4n) is 1.50. The van der Waals surface area contributed by atoms with Crippen LogP contribution in [0.2, 0.25) is 5.02 Å². The van der Waals surface area contributed by atoms with Crippen molar-refractivity contribution in [3.05, 3.63) is 28.8 Å². The lowest BCUT2D eigenvalue weighted by Gasteiger charge is -2.22. The van der Waals surface area contributed by atoms with Crippen molar-refractivity contribution < 1.29 is 17.9 Å². The van der Waals surface area contributed by atoms with Crippen LogP contribution in [0.4, 0.5) is 13.2 Å². The van der Waals surface area contributed by atoms with Crippen molar-refractivity contribution in [2.45, 2.75) is 38.4 Å². The van der Waals surface area contributed by atoms with Gasteiger partial charge in [-0.2, -0.15) is 13.2 Å². The lowest BCUT2D eigenvalue weighted by Crippen LogP contribution is -2.35. The Bertz CT molecular complexity index is 461. The third-order valence-electron chi connectivity index (χ3n) is 2.44. The highest BCUT2D eigenvalue weighted by atomic mass is 35.5. The van der Waals surface area contributed by atoms with Crippen LogP contribution in [0, 0.1) is 0 Å². The predicted molar refractivity (Wildman–Crippen MR) is 82.1 cm³/mol. The molecule has 0 unspecified atom stereocenters. The normalized spacial score (nSPS) is 12.5. The first-order valence-electron chi connectivity index (χ1n) is 6.44. The van der Waals surface area contributed by atoms with Crippen LogP contribution in [0.3, 0.4) is 0 Å². The van der Waals surface area contributed by atoms with Crippen molar-refractivity contribution in [2.24, 2.45) is 0 Å². The number of thioether (sulfide) groups is 1. The lowest BCUT2D eigenvalue weighted by atomic mass is 10.1. The number of nitrogens with one attached hydrogen (secondary N) is 1. The lowest BCUT2D eigenvalue weighted by molar-refractivity contribution is -0.0329. The molecule has 0 aliphatic rings. The maximum Gasteiger partial charge on any atom is 0.441 e. The van der Waals surface area contributed by atoms with Gasteiger partial charge < -0.3 is 10.1 Å². The van der Waals surface area contributed by atoms with Crippen molar-refractivity contribution in [2.75, 3.05) is 12.4 Å². The van der Waals surface area contributed by atoms with Crippen molar-refractivity contribution in [3.63, 3.8) is 0 Å².